The first-order valence-electron chi connectivity index (χ1n) is 9.96. The highest BCUT2D eigenvalue weighted by molar-refractivity contribution is 5.93. The summed E-state index contributed by atoms with van der Waals surface area (Å²) in [5, 5.41) is 11.9. The summed E-state index contributed by atoms with van der Waals surface area (Å²) >= 11 is 0. The number of hydrogen-bond acceptors (Lipinski definition) is 5. The quantitative estimate of drug-likeness (QED) is 0.564. The molecule has 1 amide bonds. The molecule has 7 heteroatoms. The Hall–Kier alpha value is -3.48. The molecule has 0 radical (unpaired) electrons. The predicted molar refractivity (Wildman–Crippen MR) is 113 cm³/mol. The lowest BCUT2D eigenvalue weighted by Gasteiger charge is -2.16. The zero-order valence-corrected chi connectivity index (χ0v) is 16.2. The second kappa shape index (κ2) is 7.16. The van der Waals surface area contributed by atoms with Gasteiger partial charge in [-0.1, -0.05) is 42.0 Å². The van der Waals surface area contributed by atoms with Crippen LogP contribution >= 0.6 is 0 Å². The Morgan fingerprint density at radius 2 is 1.90 bits per heavy atom. The summed E-state index contributed by atoms with van der Waals surface area (Å²) < 4.78 is 1.72. The summed E-state index contributed by atoms with van der Waals surface area (Å²) in [6.07, 6.45) is 2.74. The highest BCUT2D eigenvalue weighted by atomic mass is 16.2. The molecule has 5 rings (SSSR count). The Kier molecular flexibility index (Phi) is 4.35. The number of rotatable bonds is 3. The molecule has 1 atom stereocenters. The minimum atomic E-state index is -0.332. The van der Waals surface area contributed by atoms with Crippen LogP contribution in [-0.4, -0.2) is 38.1 Å². The van der Waals surface area contributed by atoms with E-state index in [1.54, 1.807) is 4.52 Å². The van der Waals surface area contributed by atoms with Gasteiger partial charge in [-0.3, -0.25) is 4.79 Å². The van der Waals surface area contributed by atoms with Crippen LogP contribution in [0.5, 0.6) is 0 Å². The standard InChI is InChI=1S/C22H22N6O/c1-14-9-11-15(12-10-14)19-26-20-16-6-2-3-7-17(16)24-22(28(20)27-19)25-18-8-4-5-13-23-21(18)29/h2-3,6-7,9-12,18H,4-5,8,13H2,1H3,(H,23,29)(H,24,25)/t18-/m1/s1. The fourth-order valence-electron chi connectivity index (χ4n) is 3.71. The van der Waals surface area contributed by atoms with Crippen LogP contribution in [0.4, 0.5) is 5.95 Å². The molecule has 1 aliphatic heterocycles. The molecule has 1 saturated heterocycles. The molecule has 4 aromatic rings. The van der Waals surface area contributed by atoms with E-state index in [4.69, 9.17) is 15.1 Å². The third kappa shape index (κ3) is 3.29. The molecule has 146 valence electrons. The minimum Gasteiger partial charge on any atom is -0.354 e. The first kappa shape index (κ1) is 17.6. The molecule has 3 heterocycles. The van der Waals surface area contributed by atoms with Crippen molar-refractivity contribution < 1.29 is 4.79 Å². The third-order valence-electron chi connectivity index (χ3n) is 5.33. The van der Waals surface area contributed by atoms with Crippen molar-refractivity contribution >= 4 is 28.4 Å². The van der Waals surface area contributed by atoms with Gasteiger partial charge >= 0.3 is 0 Å². The van der Waals surface area contributed by atoms with Crippen molar-refractivity contribution in [2.45, 2.75) is 32.2 Å². The van der Waals surface area contributed by atoms with Crippen LogP contribution in [0.25, 0.3) is 27.9 Å². The van der Waals surface area contributed by atoms with E-state index in [1.807, 2.05) is 48.5 Å². The number of hydrogen-bond donors (Lipinski definition) is 2. The SMILES string of the molecule is Cc1ccc(-c2nc3c4ccccc4nc(N[C@@H]4CCCCNC4=O)n3n2)cc1. The molecule has 0 spiro atoms. The van der Waals surface area contributed by atoms with Gasteiger partial charge in [0, 0.05) is 17.5 Å². The van der Waals surface area contributed by atoms with Crippen molar-refractivity contribution in [3.63, 3.8) is 0 Å². The van der Waals surface area contributed by atoms with E-state index in [-0.39, 0.29) is 11.9 Å². The van der Waals surface area contributed by atoms with Crippen LogP contribution in [0.15, 0.2) is 48.5 Å². The summed E-state index contributed by atoms with van der Waals surface area (Å²) in [6, 6.07) is 15.7. The van der Waals surface area contributed by atoms with E-state index in [2.05, 4.69) is 17.6 Å². The Morgan fingerprint density at radius 1 is 1.07 bits per heavy atom. The van der Waals surface area contributed by atoms with E-state index < -0.39 is 0 Å². The van der Waals surface area contributed by atoms with Crippen LogP contribution in [0.2, 0.25) is 0 Å². The maximum absolute atomic E-state index is 12.4. The van der Waals surface area contributed by atoms with Gasteiger partial charge in [0.05, 0.1) is 5.52 Å². The molecule has 0 aliphatic carbocycles. The Morgan fingerprint density at radius 3 is 2.76 bits per heavy atom. The molecule has 1 fully saturated rings. The van der Waals surface area contributed by atoms with Crippen LogP contribution in [0.3, 0.4) is 0 Å². The van der Waals surface area contributed by atoms with Gasteiger partial charge in [0.2, 0.25) is 11.9 Å². The lowest BCUT2D eigenvalue weighted by molar-refractivity contribution is -0.121. The van der Waals surface area contributed by atoms with Gasteiger partial charge in [-0.25, -0.2) is 9.97 Å². The smallest absolute Gasteiger partial charge is 0.242 e. The van der Waals surface area contributed by atoms with Crippen molar-refractivity contribution in [1.82, 2.24) is 24.9 Å². The highest BCUT2D eigenvalue weighted by Gasteiger charge is 2.23. The Bertz CT molecular complexity index is 1200. The van der Waals surface area contributed by atoms with Crippen LogP contribution < -0.4 is 10.6 Å². The lowest BCUT2D eigenvalue weighted by atomic mass is 10.1. The number of nitrogens with zero attached hydrogens (tertiary/aromatic N) is 4. The number of benzene rings is 2. The van der Waals surface area contributed by atoms with Gasteiger partial charge in [0.25, 0.3) is 0 Å². The molecular formula is C22H22N6O. The number of aromatic nitrogens is 4. The van der Waals surface area contributed by atoms with Crippen LogP contribution in [-0.2, 0) is 4.79 Å². The number of anilines is 1. The molecule has 2 aromatic heterocycles. The number of para-hydroxylation sites is 1. The van der Waals surface area contributed by atoms with Crippen molar-refractivity contribution in [2.75, 3.05) is 11.9 Å². The van der Waals surface area contributed by atoms with Gasteiger partial charge in [-0.2, -0.15) is 4.52 Å². The van der Waals surface area contributed by atoms with E-state index in [0.29, 0.717) is 11.8 Å². The van der Waals surface area contributed by atoms with Gasteiger partial charge in [0.1, 0.15) is 6.04 Å². The average molecular weight is 386 g/mol. The molecule has 2 aromatic carbocycles. The van der Waals surface area contributed by atoms with E-state index in [1.165, 1.54) is 5.56 Å². The summed E-state index contributed by atoms with van der Waals surface area (Å²) in [5.41, 5.74) is 3.68. The molecule has 0 unspecified atom stereocenters. The average Bonchev–Trinajstić information content (AvgIpc) is 3.09. The number of amides is 1. The lowest BCUT2D eigenvalue weighted by Crippen LogP contribution is -2.38. The first-order valence-corrected chi connectivity index (χ1v) is 9.96. The summed E-state index contributed by atoms with van der Waals surface area (Å²) in [7, 11) is 0. The fraction of sp³-hybridized carbons (Fsp3) is 0.273. The molecule has 7 nitrogen and oxygen atoms in total. The Labute approximate surface area is 168 Å². The van der Waals surface area contributed by atoms with E-state index >= 15 is 0 Å². The van der Waals surface area contributed by atoms with E-state index in [0.717, 1.165) is 47.9 Å². The normalized spacial score (nSPS) is 17.3. The van der Waals surface area contributed by atoms with Crippen molar-refractivity contribution in [1.29, 1.82) is 0 Å². The molecule has 0 bridgehead atoms. The van der Waals surface area contributed by atoms with Crippen LogP contribution in [0.1, 0.15) is 24.8 Å². The number of carbonyl (C=O) groups excluding carboxylic acids is 1. The summed E-state index contributed by atoms with van der Waals surface area (Å²) in [4.78, 5) is 22.0. The maximum atomic E-state index is 12.4. The number of aryl methyl sites for hydroxylation is 1. The zero-order valence-electron chi connectivity index (χ0n) is 16.2. The molecule has 1 aliphatic rings. The van der Waals surface area contributed by atoms with Crippen molar-refractivity contribution in [2.24, 2.45) is 0 Å². The summed E-state index contributed by atoms with van der Waals surface area (Å²) in [5.74, 6) is 1.17. The van der Waals surface area contributed by atoms with Gasteiger partial charge in [0.15, 0.2) is 11.5 Å². The second-order valence-corrected chi connectivity index (χ2v) is 7.47. The second-order valence-electron chi connectivity index (χ2n) is 7.47. The van der Waals surface area contributed by atoms with Crippen LogP contribution in [0, 0.1) is 6.92 Å². The molecule has 29 heavy (non-hydrogen) atoms. The number of nitrogens with one attached hydrogen (secondary N) is 2. The minimum absolute atomic E-state index is 0.00415. The first-order chi connectivity index (χ1) is 14.2. The largest absolute Gasteiger partial charge is 0.354 e. The number of fused-ring (bicyclic) bond motifs is 3. The maximum Gasteiger partial charge on any atom is 0.242 e. The molecule has 2 N–H and O–H groups in total. The highest BCUT2D eigenvalue weighted by Crippen LogP contribution is 2.25. The topological polar surface area (TPSA) is 84.2 Å². The number of carbonyl (C=O) groups is 1. The van der Waals surface area contributed by atoms with Gasteiger partial charge in [-0.15, -0.1) is 5.10 Å². The third-order valence-corrected chi connectivity index (χ3v) is 5.33. The van der Waals surface area contributed by atoms with Gasteiger partial charge < -0.3 is 10.6 Å². The van der Waals surface area contributed by atoms with E-state index in [9.17, 15) is 4.79 Å². The molecular weight excluding hydrogens is 364 g/mol. The molecule has 0 saturated carbocycles. The predicted octanol–water partition coefficient (Wildman–Crippen LogP) is 3.33. The van der Waals surface area contributed by atoms with Gasteiger partial charge in [-0.05, 0) is 38.3 Å². The zero-order chi connectivity index (χ0) is 19.8. The van der Waals surface area contributed by atoms with Crippen molar-refractivity contribution in [3.05, 3.63) is 54.1 Å². The monoisotopic (exact) mass is 386 g/mol. The fourth-order valence-corrected chi connectivity index (χ4v) is 3.71. The summed E-state index contributed by atoms with van der Waals surface area (Å²) in [6.45, 7) is 2.77. The van der Waals surface area contributed by atoms with Crippen molar-refractivity contribution in [3.8, 4) is 11.4 Å². The Balaban J connectivity index is 1.65.